The molecule has 4 bridgehead atoms. The quantitative estimate of drug-likeness (QED) is 0.154. The lowest BCUT2D eigenvalue weighted by molar-refractivity contribution is -0.171. The molecule has 0 saturated heterocycles. The molecule has 206 valence electrons. The normalized spacial score (nSPS) is 37.9. The molecule has 0 aromatic heterocycles. The standard InChI is InChI=1S/C21H30O5.C10H22/c22-10-24-18-9-13-8-17(18)20-15-6-12(19(13)20)7-16(15)21(23)26-11-25-14-4-2-1-3-5-14;1-8(2)9(3)7-10(4,5)6/h10,12-20H,1-9,11H2;8-9H,7H2,1-6H3. The third kappa shape index (κ3) is 6.30. The maximum Gasteiger partial charge on any atom is 0.311 e. The van der Waals surface area contributed by atoms with Gasteiger partial charge in [-0.3, -0.25) is 9.59 Å². The van der Waals surface area contributed by atoms with Crippen molar-refractivity contribution in [2.75, 3.05) is 6.79 Å². The van der Waals surface area contributed by atoms with Gasteiger partial charge in [0.2, 0.25) is 0 Å². The Morgan fingerprint density at radius 2 is 1.58 bits per heavy atom. The zero-order valence-corrected chi connectivity index (χ0v) is 23.7. The minimum absolute atomic E-state index is 0.0347. The summed E-state index contributed by atoms with van der Waals surface area (Å²) >= 11 is 0. The largest absolute Gasteiger partial charge is 0.464 e. The van der Waals surface area contributed by atoms with Crippen LogP contribution in [0.25, 0.3) is 0 Å². The van der Waals surface area contributed by atoms with Crippen LogP contribution in [0.3, 0.4) is 0 Å². The second-order valence-corrected chi connectivity index (χ2v) is 14.3. The van der Waals surface area contributed by atoms with Crippen molar-refractivity contribution in [3.05, 3.63) is 0 Å². The molecular weight excluding hydrogens is 452 g/mol. The fourth-order valence-electron chi connectivity index (χ4n) is 8.77. The van der Waals surface area contributed by atoms with Gasteiger partial charge in [0.05, 0.1) is 12.0 Å². The summed E-state index contributed by atoms with van der Waals surface area (Å²) in [5.74, 6) is 5.28. The Kier molecular flexibility index (Phi) is 9.11. The van der Waals surface area contributed by atoms with Gasteiger partial charge in [0.15, 0.2) is 6.79 Å². The van der Waals surface area contributed by atoms with Gasteiger partial charge < -0.3 is 14.2 Å². The van der Waals surface area contributed by atoms with Crippen molar-refractivity contribution in [3.63, 3.8) is 0 Å². The zero-order valence-electron chi connectivity index (χ0n) is 23.7. The van der Waals surface area contributed by atoms with Gasteiger partial charge in [0.25, 0.3) is 6.47 Å². The average molecular weight is 505 g/mol. The topological polar surface area (TPSA) is 61.8 Å². The van der Waals surface area contributed by atoms with Crippen LogP contribution in [-0.4, -0.2) is 31.4 Å². The van der Waals surface area contributed by atoms with Crippen LogP contribution < -0.4 is 0 Å². The molecule has 5 heteroatoms. The zero-order chi connectivity index (χ0) is 26.0. The molecule has 0 N–H and O–H groups in total. The van der Waals surface area contributed by atoms with Crippen molar-refractivity contribution in [2.24, 2.45) is 58.7 Å². The first-order valence-corrected chi connectivity index (χ1v) is 15.0. The number of carbonyl (C=O) groups is 2. The molecular formula is C31H52O5. The molecule has 0 aliphatic heterocycles. The summed E-state index contributed by atoms with van der Waals surface area (Å²) in [5.41, 5.74) is 0.504. The minimum atomic E-state index is -0.0533. The Hall–Kier alpha value is -1.10. The molecule has 5 rings (SSSR count). The molecule has 5 nitrogen and oxygen atoms in total. The van der Waals surface area contributed by atoms with E-state index in [2.05, 4.69) is 41.5 Å². The molecule has 0 radical (unpaired) electrons. The van der Waals surface area contributed by atoms with Crippen molar-refractivity contribution in [1.29, 1.82) is 0 Å². The number of fused-ring (bicyclic) bond motifs is 9. The molecule has 0 spiro atoms. The highest BCUT2D eigenvalue weighted by atomic mass is 16.7. The van der Waals surface area contributed by atoms with E-state index < -0.39 is 0 Å². The van der Waals surface area contributed by atoms with Gasteiger partial charge in [-0.1, -0.05) is 60.8 Å². The predicted molar refractivity (Wildman–Crippen MR) is 141 cm³/mol. The van der Waals surface area contributed by atoms with Crippen molar-refractivity contribution < 1.29 is 23.8 Å². The second kappa shape index (κ2) is 11.7. The summed E-state index contributed by atoms with van der Waals surface area (Å²) in [6, 6.07) is 0. The van der Waals surface area contributed by atoms with Crippen molar-refractivity contribution in [2.45, 2.75) is 118 Å². The Bertz CT molecular complexity index is 736. The number of esters is 1. The SMILES string of the molecule is CC(C)C(C)CC(C)(C)C.O=COC1CC2CC1C1C3CC(CC3C(=O)OCOC3CCCCC3)C21. The lowest BCUT2D eigenvalue weighted by Gasteiger charge is -2.40. The first-order valence-electron chi connectivity index (χ1n) is 15.0. The third-order valence-corrected chi connectivity index (χ3v) is 10.4. The summed E-state index contributed by atoms with van der Waals surface area (Å²) in [7, 11) is 0. The Morgan fingerprint density at radius 3 is 2.19 bits per heavy atom. The van der Waals surface area contributed by atoms with E-state index in [0.717, 1.165) is 43.4 Å². The first-order chi connectivity index (χ1) is 17.1. The van der Waals surface area contributed by atoms with Crippen LogP contribution in [0.4, 0.5) is 0 Å². The number of hydrogen-bond donors (Lipinski definition) is 0. The smallest absolute Gasteiger partial charge is 0.311 e. The number of ether oxygens (including phenoxy) is 3. The summed E-state index contributed by atoms with van der Waals surface area (Å²) in [4.78, 5) is 23.5. The van der Waals surface area contributed by atoms with E-state index in [1.165, 1.54) is 38.5 Å². The minimum Gasteiger partial charge on any atom is -0.464 e. The molecule has 36 heavy (non-hydrogen) atoms. The highest BCUT2D eigenvalue weighted by Gasteiger charge is 2.66. The van der Waals surface area contributed by atoms with Gasteiger partial charge in [-0.05, 0) is 97.7 Å². The first kappa shape index (κ1) is 27.9. The Labute approximate surface area is 219 Å². The van der Waals surface area contributed by atoms with Gasteiger partial charge in [-0.25, -0.2) is 0 Å². The fraction of sp³-hybridized carbons (Fsp3) is 0.935. The molecule has 9 atom stereocenters. The van der Waals surface area contributed by atoms with Crippen molar-refractivity contribution in [3.8, 4) is 0 Å². The van der Waals surface area contributed by atoms with Crippen molar-refractivity contribution >= 4 is 12.4 Å². The molecule has 0 aromatic rings. The lowest BCUT2D eigenvalue weighted by Crippen LogP contribution is -2.41. The van der Waals surface area contributed by atoms with E-state index >= 15 is 0 Å². The maximum atomic E-state index is 12.7. The van der Waals surface area contributed by atoms with Gasteiger partial charge >= 0.3 is 5.97 Å². The lowest BCUT2D eigenvalue weighted by atomic mass is 9.67. The van der Waals surface area contributed by atoms with Crippen LogP contribution in [0.5, 0.6) is 0 Å². The molecule has 5 aliphatic rings. The third-order valence-electron chi connectivity index (χ3n) is 10.4. The fourth-order valence-corrected chi connectivity index (χ4v) is 8.77. The number of hydrogen-bond acceptors (Lipinski definition) is 5. The molecule has 5 saturated carbocycles. The van der Waals surface area contributed by atoms with Gasteiger partial charge in [-0.15, -0.1) is 0 Å². The van der Waals surface area contributed by atoms with Crippen LogP contribution in [0.15, 0.2) is 0 Å². The van der Waals surface area contributed by atoms with E-state index in [0.29, 0.717) is 41.5 Å². The predicted octanol–water partition coefficient (Wildman–Crippen LogP) is 7.02. The van der Waals surface area contributed by atoms with Crippen LogP contribution in [-0.2, 0) is 23.8 Å². The number of rotatable bonds is 8. The number of carbonyl (C=O) groups excluding carboxylic acids is 2. The van der Waals surface area contributed by atoms with Crippen LogP contribution in [0.2, 0.25) is 0 Å². The molecule has 0 amide bonds. The second-order valence-electron chi connectivity index (χ2n) is 14.3. The molecule has 9 unspecified atom stereocenters. The highest BCUT2D eigenvalue weighted by molar-refractivity contribution is 5.73. The Balaban J connectivity index is 0.000000261. The summed E-state index contributed by atoms with van der Waals surface area (Å²) < 4.78 is 16.7. The molecule has 0 aromatic carbocycles. The molecule has 5 fully saturated rings. The van der Waals surface area contributed by atoms with Crippen LogP contribution >= 0.6 is 0 Å². The maximum absolute atomic E-state index is 12.7. The Morgan fingerprint density at radius 1 is 0.917 bits per heavy atom. The summed E-state index contributed by atoms with van der Waals surface area (Å²) in [5, 5.41) is 0. The monoisotopic (exact) mass is 504 g/mol. The molecule has 5 aliphatic carbocycles. The van der Waals surface area contributed by atoms with E-state index in [-0.39, 0.29) is 30.9 Å². The van der Waals surface area contributed by atoms with Crippen molar-refractivity contribution in [1.82, 2.24) is 0 Å². The van der Waals surface area contributed by atoms with Gasteiger partial charge in [0, 0.05) is 0 Å². The van der Waals surface area contributed by atoms with E-state index in [9.17, 15) is 9.59 Å². The summed E-state index contributed by atoms with van der Waals surface area (Å²) in [6.45, 7) is 14.6. The average Bonchev–Trinajstić information content (AvgIpc) is 3.58. The van der Waals surface area contributed by atoms with Crippen LogP contribution in [0.1, 0.15) is 106 Å². The summed E-state index contributed by atoms with van der Waals surface area (Å²) in [6.07, 6.45) is 12.0. The highest BCUT2D eigenvalue weighted by Crippen LogP contribution is 2.69. The van der Waals surface area contributed by atoms with Gasteiger partial charge in [0.1, 0.15) is 6.10 Å². The van der Waals surface area contributed by atoms with E-state index in [1.54, 1.807) is 0 Å². The van der Waals surface area contributed by atoms with Gasteiger partial charge in [-0.2, -0.15) is 0 Å². The van der Waals surface area contributed by atoms with Crippen LogP contribution in [0, 0.1) is 58.7 Å². The van der Waals surface area contributed by atoms with E-state index in [1.807, 2.05) is 0 Å². The van der Waals surface area contributed by atoms with E-state index in [4.69, 9.17) is 14.2 Å². The molecule has 0 heterocycles.